The van der Waals surface area contributed by atoms with Crippen molar-refractivity contribution in [1.82, 2.24) is 14.5 Å². The summed E-state index contributed by atoms with van der Waals surface area (Å²) < 4.78 is 2.31. The molecule has 4 rings (SSSR count). The van der Waals surface area contributed by atoms with Crippen LogP contribution in [-0.4, -0.2) is 38.6 Å². The number of likely N-dealkylation sites (tertiary alicyclic amines) is 1. The largest absolute Gasteiger partial charge is 0.392 e. The average Bonchev–Trinajstić information content (AvgIpc) is 3.37. The van der Waals surface area contributed by atoms with Gasteiger partial charge in [0.2, 0.25) is 5.91 Å². The average molecular weight is 353 g/mol. The molecule has 5 nitrogen and oxygen atoms in total. The number of carbonyl (C=O) groups excluding carboxylic acids is 1. The molecule has 1 aliphatic carbocycles. The van der Waals surface area contributed by atoms with E-state index in [-0.39, 0.29) is 12.5 Å². The molecule has 1 atom stereocenters. The zero-order valence-corrected chi connectivity index (χ0v) is 15.2. The number of nitrogens with zero attached hydrogens (tertiary/aromatic N) is 3. The molecule has 1 N–H and O–H groups in total. The van der Waals surface area contributed by atoms with Gasteiger partial charge in [-0.05, 0) is 42.7 Å². The summed E-state index contributed by atoms with van der Waals surface area (Å²) in [6.45, 7) is 2.73. The molecule has 1 saturated heterocycles. The van der Waals surface area contributed by atoms with Crippen LogP contribution in [0.2, 0.25) is 0 Å². The Labute approximate surface area is 154 Å². The first-order chi connectivity index (χ1) is 12.7. The fourth-order valence-electron chi connectivity index (χ4n) is 3.88. The minimum atomic E-state index is 0.0372. The lowest BCUT2D eigenvalue weighted by atomic mass is 9.96. The van der Waals surface area contributed by atoms with Gasteiger partial charge in [0.15, 0.2) is 0 Å². The molecule has 2 heterocycles. The van der Waals surface area contributed by atoms with Gasteiger partial charge >= 0.3 is 0 Å². The van der Waals surface area contributed by atoms with Crippen molar-refractivity contribution in [2.75, 3.05) is 13.1 Å². The van der Waals surface area contributed by atoms with Crippen LogP contribution < -0.4 is 0 Å². The van der Waals surface area contributed by atoms with Gasteiger partial charge < -0.3 is 14.6 Å². The standard InChI is InChI=1S/C21H27N3O2/c25-15-18-7-3-16(4-8-18)12-20(26)23-10-1-2-19(14-23)21-22-9-11-24(21)13-17-5-6-17/h3-4,7-9,11,17,19,25H,1-2,5-6,10,12-15H2. The van der Waals surface area contributed by atoms with Crippen LogP contribution in [0.4, 0.5) is 0 Å². The van der Waals surface area contributed by atoms with E-state index in [0.717, 1.165) is 55.3 Å². The molecule has 5 heteroatoms. The van der Waals surface area contributed by atoms with Gasteiger partial charge in [-0.2, -0.15) is 0 Å². The van der Waals surface area contributed by atoms with Crippen LogP contribution in [0.25, 0.3) is 0 Å². The molecule has 26 heavy (non-hydrogen) atoms. The summed E-state index contributed by atoms with van der Waals surface area (Å²) in [5.74, 6) is 2.51. The van der Waals surface area contributed by atoms with E-state index >= 15 is 0 Å². The van der Waals surface area contributed by atoms with Gasteiger partial charge in [0.25, 0.3) is 0 Å². The zero-order valence-electron chi connectivity index (χ0n) is 15.2. The van der Waals surface area contributed by atoms with Crippen molar-refractivity contribution in [3.8, 4) is 0 Å². The Morgan fingerprint density at radius 2 is 1.92 bits per heavy atom. The number of amides is 1. The Kier molecular flexibility index (Phi) is 5.07. The number of aliphatic hydroxyl groups excluding tert-OH is 1. The second-order valence-electron chi connectivity index (χ2n) is 7.71. The van der Waals surface area contributed by atoms with Crippen LogP contribution in [0.5, 0.6) is 0 Å². The molecular weight excluding hydrogens is 326 g/mol. The minimum absolute atomic E-state index is 0.0372. The SMILES string of the molecule is O=C(Cc1ccc(CO)cc1)N1CCCC(c2nccn2CC2CC2)C1. The van der Waals surface area contributed by atoms with Crippen LogP contribution in [0.3, 0.4) is 0 Å². The maximum absolute atomic E-state index is 12.8. The quantitative estimate of drug-likeness (QED) is 0.869. The van der Waals surface area contributed by atoms with E-state index in [9.17, 15) is 4.79 Å². The molecule has 138 valence electrons. The summed E-state index contributed by atoms with van der Waals surface area (Å²) in [4.78, 5) is 19.4. The predicted molar refractivity (Wildman–Crippen MR) is 99.6 cm³/mol. The molecule has 2 aliphatic rings. The zero-order chi connectivity index (χ0) is 17.9. The summed E-state index contributed by atoms with van der Waals surface area (Å²) in [7, 11) is 0. The Balaban J connectivity index is 1.39. The van der Waals surface area contributed by atoms with Crippen molar-refractivity contribution in [1.29, 1.82) is 0 Å². The smallest absolute Gasteiger partial charge is 0.227 e. The molecular formula is C21H27N3O2. The van der Waals surface area contributed by atoms with E-state index < -0.39 is 0 Å². The van der Waals surface area contributed by atoms with Crippen molar-refractivity contribution in [2.24, 2.45) is 5.92 Å². The van der Waals surface area contributed by atoms with Crippen LogP contribution >= 0.6 is 0 Å². The molecule has 0 radical (unpaired) electrons. The maximum Gasteiger partial charge on any atom is 0.227 e. The fraction of sp³-hybridized carbons (Fsp3) is 0.524. The van der Waals surface area contributed by atoms with Gasteiger partial charge in [0.05, 0.1) is 13.0 Å². The van der Waals surface area contributed by atoms with E-state index in [0.29, 0.717) is 12.3 Å². The third-order valence-electron chi connectivity index (χ3n) is 5.60. The third kappa shape index (κ3) is 3.98. The van der Waals surface area contributed by atoms with Crippen molar-refractivity contribution in [3.63, 3.8) is 0 Å². The van der Waals surface area contributed by atoms with Gasteiger partial charge in [-0.3, -0.25) is 4.79 Å². The second-order valence-corrected chi connectivity index (χ2v) is 7.71. The molecule has 1 aromatic heterocycles. The highest BCUT2D eigenvalue weighted by Gasteiger charge is 2.29. The predicted octanol–water partition coefficient (Wildman–Crippen LogP) is 2.73. The van der Waals surface area contributed by atoms with Gasteiger partial charge in [0, 0.05) is 37.9 Å². The van der Waals surface area contributed by atoms with Crippen molar-refractivity contribution in [2.45, 2.75) is 51.2 Å². The molecule has 2 fully saturated rings. The maximum atomic E-state index is 12.8. The lowest BCUT2D eigenvalue weighted by Crippen LogP contribution is -2.40. The van der Waals surface area contributed by atoms with Crippen LogP contribution in [0, 0.1) is 5.92 Å². The number of piperidine rings is 1. The molecule has 0 spiro atoms. The summed E-state index contributed by atoms with van der Waals surface area (Å²) >= 11 is 0. The lowest BCUT2D eigenvalue weighted by molar-refractivity contribution is -0.131. The van der Waals surface area contributed by atoms with Crippen LogP contribution in [0.15, 0.2) is 36.7 Å². The molecule has 1 amide bonds. The van der Waals surface area contributed by atoms with E-state index in [1.165, 1.54) is 12.8 Å². The lowest BCUT2D eigenvalue weighted by Gasteiger charge is -2.33. The normalized spacial score (nSPS) is 20.3. The second kappa shape index (κ2) is 7.62. The summed E-state index contributed by atoms with van der Waals surface area (Å²) in [5.41, 5.74) is 1.88. The summed E-state index contributed by atoms with van der Waals surface area (Å²) in [6.07, 6.45) is 9.24. The summed E-state index contributed by atoms with van der Waals surface area (Å²) in [5, 5.41) is 9.13. The molecule has 2 aromatic rings. The molecule has 1 unspecified atom stereocenters. The number of aliphatic hydroxyl groups is 1. The van der Waals surface area contributed by atoms with Crippen molar-refractivity contribution >= 4 is 5.91 Å². The highest BCUT2D eigenvalue weighted by atomic mass is 16.3. The number of rotatable bonds is 6. The fourth-order valence-corrected chi connectivity index (χ4v) is 3.88. The van der Waals surface area contributed by atoms with E-state index in [4.69, 9.17) is 5.11 Å². The number of hydrogen-bond acceptors (Lipinski definition) is 3. The van der Waals surface area contributed by atoms with Gasteiger partial charge in [0.1, 0.15) is 5.82 Å². The Hall–Kier alpha value is -2.14. The van der Waals surface area contributed by atoms with Gasteiger partial charge in [-0.1, -0.05) is 24.3 Å². The van der Waals surface area contributed by atoms with E-state index in [2.05, 4.69) is 15.7 Å². The third-order valence-corrected chi connectivity index (χ3v) is 5.60. The Morgan fingerprint density at radius 1 is 1.15 bits per heavy atom. The number of carbonyl (C=O) groups is 1. The minimum Gasteiger partial charge on any atom is -0.392 e. The number of aromatic nitrogens is 2. The van der Waals surface area contributed by atoms with Crippen LogP contribution in [-0.2, 0) is 24.4 Å². The van der Waals surface area contributed by atoms with Gasteiger partial charge in [-0.25, -0.2) is 4.98 Å². The highest BCUT2D eigenvalue weighted by Crippen LogP contribution is 2.33. The highest BCUT2D eigenvalue weighted by molar-refractivity contribution is 5.79. The summed E-state index contributed by atoms with van der Waals surface area (Å²) in [6, 6.07) is 7.65. The van der Waals surface area contributed by atoms with E-state index in [1.807, 2.05) is 35.4 Å². The monoisotopic (exact) mass is 353 g/mol. The Bertz CT molecular complexity index is 749. The Morgan fingerprint density at radius 3 is 2.65 bits per heavy atom. The topological polar surface area (TPSA) is 58.4 Å². The first-order valence-corrected chi connectivity index (χ1v) is 9.70. The molecule has 1 aliphatic heterocycles. The number of benzene rings is 1. The van der Waals surface area contributed by atoms with Crippen molar-refractivity contribution < 1.29 is 9.90 Å². The van der Waals surface area contributed by atoms with Gasteiger partial charge in [-0.15, -0.1) is 0 Å². The first-order valence-electron chi connectivity index (χ1n) is 9.70. The van der Waals surface area contributed by atoms with Crippen LogP contribution in [0.1, 0.15) is 48.6 Å². The first kappa shape index (κ1) is 17.3. The molecule has 0 bridgehead atoms. The van der Waals surface area contributed by atoms with E-state index in [1.54, 1.807) is 0 Å². The number of imidazole rings is 1. The molecule has 1 saturated carbocycles. The number of hydrogen-bond donors (Lipinski definition) is 1. The molecule has 1 aromatic carbocycles. The van der Waals surface area contributed by atoms with Crippen molar-refractivity contribution in [3.05, 3.63) is 53.6 Å².